The molecular formula is C15H12ClNO. The van der Waals surface area contributed by atoms with Gasteiger partial charge in [-0.3, -0.25) is 0 Å². The maximum absolute atomic E-state index is 9.24. The quantitative estimate of drug-likeness (QED) is 0.761. The first-order valence-electron chi connectivity index (χ1n) is 5.70. The van der Waals surface area contributed by atoms with E-state index in [0.717, 1.165) is 17.7 Å². The summed E-state index contributed by atoms with van der Waals surface area (Å²) in [5.41, 5.74) is 1.22. The zero-order chi connectivity index (χ0) is 13.0. The second-order valence-corrected chi connectivity index (χ2v) is 4.16. The van der Waals surface area contributed by atoms with Crippen LogP contribution < -0.4 is 0 Å². The Balaban J connectivity index is 2.47. The number of allylic oxidation sites excluding steroid dienone is 1. The van der Waals surface area contributed by atoms with Gasteiger partial charge in [0.2, 0.25) is 0 Å². The van der Waals surface area contributed by atoms with E-state index in [0.29, 0.717) is 16.4 Å². The van der Waals surface area contributed by atoms with Crippen LogP contribution in [0, 0.1) is 11.3 Å². The van der Waals surface area contributed by atoms with Crippen molar-refractivity contribution in [1.82, 2.24) is 0 Å². The fraction of sp³-hybridized carbons (Fsp3) is 0.133. The molecule has 1 heterocycles. The molecule has 0 aliphatic carbocycles. The molecule has 0 unspecified atom stereocenters. The summed E-state index contributed by atoms with van der Waals surface area (Å²) in [6.45, 7) is 2.00. The van der Waals surface area contributed by atoms with Gasteiger partial charge in [0, 0.05) is 6.42 Å². The lowest BCUT2D eigenvalue weighted by molar-refractivity contribution is 0.506. The lowest BCUT2D eigenvalue weighted by atomic mass is 10.1. The van der Waals surface area contributed by atoms with Gasteiger partial charge >= 0.3 is 0 Å². The Labute approximate surface area is 111 Å². The molecule has 0 saturated carbocycles. The summed E-state index contributed by atoms with van der Waals surface area (Å²) in [7, 11) is 0. The first kappa shape index (κ1) is 12.5. The minimum absolute atomic E-state index is 0.350. The summed E-state index contributed by atoms with van der Waals surface area (Å²) in [5, 5.41) is 9.59. The van der Waals surface area contributed by atoms with Gasteiger partial charge in [0.15, 0.2) is 0 Å². The van der Waals surface area contributed by atoms with Gasteiger partial charge in [-0.15, -0.1) is 0 Å². The van der Waals surface area contributed by atoms with Gasteiger partial charge in [0.05, 0.1) is 5.57 Å². The molecule has 0 amide bonds. The second-order valence-electron chi connectivity index (χ2n) is 3.79. The van der Waals surface area contributed by atoms with E-state index in [1.165, 1.54) is 0 Å². The van der Waals surface area contributed by atoms with Crippen LogP contribution in [0.25, 0.3) is 10.6 Å². The number of nitrogens with zero attached hydrogens (tertiary/aromatic N) is 1. The number of nitriles is 1. The molecule has 18 heavy (non-hydrogen) atoms. The molecule has 1 aromatic heterocycles. The summed E-state index contributed by atoms with van der Waals surface area (Å²) in [6, 6.07) is 15.1. The van der Waals surface area contributed by atoms with Gasteiger partial charge in [0.1, 0.15) is 22.6 Å². The fourth-order valence-corrected chi connectivity index (χ4v) is 1.91. The molecule has 0 atom stereocenters. The highest BCUT2D eigenvalue weighted by Gasteiger charge is 2.12. The van der Waals surface area contributed by atoms with E-state index in [9.17, 15) is 5.26 Å². The molecule has 2 nitrogen and oxygen atoms in total. The van der Waals surface area contributed by atoms with Crippen molar-refractivity contribution >= 4 is 22.2 Å². The predicted octanol–water partition coefficient (Wildman–Crippen LogP) is 4.47. The normalized spacial score (nSPS) is 11.8. The third kappa shape index (κ3) is 2.47. The van der Waals surface area contributed by atoms with Crippen LogP contribution in [0.15, 0.2) is 46.9 Å². The maximum Gasteiger partial charge on any atom is 0.147 e. The first-order chi connectivity index (χ1) is 8.76. The predicted molar refractivity (Wildman–Crippen MR) is 72.8 cm³/mol. The van der Waals surface area contributed by atoms with E-state index in [4.69, 9.17) is 16.0 Å². The number of halogens is 1. The number of furan rings is 1. The van der Waals surface area contributed by atoms with Crippen molar-refractivity contribution in [2.75, 3.05) is 0 Å². The van der Waals surface area contributed by atoms with Gasteiger partial charge in [0.25, 0.3) is 0 Å². The molecule has 3 heteroatoms. The van der Waals surface area contributed by atoms with Crippen molar-refractivity contribution in [2.45, 2.75) is 13.3 Å². The van der Waals surface area contributed by atoms with Crippen LogP contribution in [0.5, 0.6) is 0 Å². The lowest BCUT2D eigenvalue weighted by Crippen LogP contribution is -1.84. The number of benzene rings is 1. The number of rotatable bonds is 3. The Kier molecular flexibility index (Phi) is 3.86. The largest absolute Gasteiger partial charge is 0.460 e. The monoisotopic (exact) mass is 257 g/mol. The Morgan fingerprint density at radius 1 is 1.22 bits per heavy atom. The van der Waals surface area contributed by atoms with E-state index < -0.39 is 0 Å². The summed E-state index contributed by atoms with van der Waals surface area (Å²) in [6.07, 6.45) is 0.803. The standard InChI is InChI=1S/C15H12ClNO/c1-2-12-8-9-14(18-12)15(16)13(10-17)11-6-4-3-5-7-11/h3-9H,2H2,1H3. The average Bonchev–Trinajstić information content (AvgIpc) is 2.89. The third-order valence-corrected chi connectivity index (χ3v) is 3.00. The fourth-order valence-electron chi connectivity index (χ4n) is 1.65. The van der Waals surface area contributed by atoms with E-state index in [2.05, 4.69) is 6.07 Å². The zero-order valence-corrected chi connectivity index (χ0v) is 10.7. The van der Waals surface area contributed by atoms with Crippen molar-refractivity contribution in [3.63, 3.8) is 0 Å². The summed E-state index contributed by atoms with van der Waals surface area (Å²) in [4.78, 5) is 0. The number of hydrogen-bond acceptors (Lipinski definition) is 2. The van der Waals surface area contributed by atoms with E-state index >= 15 is 0 Å². The Hall–Kier alpha value is -1.98. The van der Waals surface area contributed by atoms with Crippen LogP contribution in [-0.2, 0) is 6.42 Å². The topological polar surface area (TPSA) is 36.9 Å². The van der Waals surface area contributed by atoms with Gasteiger partial charge in [-0.1, -0.05) is 48.9 Å². The smallest absolute Gasteiger partial charge is 0.147 e. The highest BCUT2D eigenvalue weighted by molar-refractivity contribution is 6.53. The summed E-state index contributed by atoms with van der Waals surface area (Å²) in [5.74, 6) is 1.39. The lowest BCUT2D eigenvalue weighted by Gasteiger charge is -2.01. The van der Waals surface area contributed by atoms with Gasteiger partial charge in [-0.2, -0.15) is 5.26 Å². The van der Waals surface area contributed by atoms with Gasteiger partial charge < -0.3 is 4.42 Å². The Morgan fingerprint density at radius 2 is 1.94 bits per heavy atom. The number of hydrogen-bond donors (Lipinski definition) is 0. The van der Waals surface area contributed by atoms with Crippen LogP contribution in [-0.4, -0.2) is 0 Å². The first-order valence-corrected chi connectivity index (χ1v) is 6.08. The van der Waals surface area contributed by atoms with Crippen LogP contribution in [0.1, 0.15) is 24.0 Å². The summed E-state index contributed by atoms with van der Waals surface area (Å²) >= 11 is 6.24. The van der Waals surface area contributed by atoms with Crippen LogP contribution in [0.3, 0.4) is 0 Å². The molecule has 0 radical (unpaired) electrons. The minimum Gasteiger partial charge on any atom is -0.460 e. The van der Waals surface area contributed by atoms with Crippen molar-refractivity contribution in [1.29, 1.82) is 5.26 Å². The second kappa shape index (κ2) is 5.57. The molecule has 0 bridgehead atoms. The SMILES string of the molecule is CCc1ccc(C(Cl)=C(C#N)c2ccccc2)o1. The molecular weight excluding hydrogens is 246 g/mol. The van der Waals surface area contributed by atoms with Gasteiger partial charge in [-0.25, -0.2) is 0 Å². The molecule has 1 aromatic carbocycles. The highest BCUT2D eigenvalue weighted by Crippen LogP contribution is 2.30. The van der Waals surface area contributed by atoms with E-state index in [1.54, 1.807) is 6.07 Å². The molecule has 0 spiro atoms. The van der Waals surface area contributed by atoms with E-state index in [-0.39, 0.29) is 0 Å². The third-order valence-electron chi connectivity index (χ3n) is 2.62. The maximum atomic E-state index is 9.24. The van der Waals surface area contributed by atoms with Crippen LogP contribution in [0.4, 0.5) is 0 Å². The molecule has 90 valence electrons. The zero-order valence-electron chi connectivity index (χ0n) is 9.98. The molecule has 0 saturated heterocycles. The number of aryl methyl sites for hydroxylation is 1. The van der Waals surface area contributed by atoms with Crippen LogP contribution >= 0.6 is 11.6 Å². The molecule has 2 aromatic rings. The van der Waals surface area contributed by atoms with Crippen molar-refractivity contribution < 1.29 is 4.42 Å². The molecule has 0 fully saturated rings. The Bertz CT molecular complexity index is 605. The molecule has 0 aliphatic rings. The van der Waals surface area contributed by atoms with Crippen molar-refractivity contribution in [3.05, 3.63) is 59.5 Å². The Morgan fingerprint density at radius 3 is 2.50 bits per heavy atom. The summed E-state index contributed by atoms with van der Waals surface area (Å²) < 4.78 is 5.56. The highest BCUT2D eigenvalue weighted by atomic mass is 35.5. The van der Waals surface area contributed by atoms with Crippen molar-refractivity contribution in [2.24, 2.45) is 0 Å². The minimum atomic E-state index is 0.350. The average molecular weight is 258 g/mol. The van der Waals surface area contributed by atoms with Gasteiger partial charge in [-0.05, 0) is 17.7 Å². The van der Waals surface area contributed by atoms with E-state index in [1.807, 2.05) is 43.3 Å². The molecule has 0 N–H and O–H groups in total. The molecule has 2 rings (SSSR count). The molecule has 0 aliphatic heterocycles. The van der Waals surface area contributed by atoms with Crippen LogP contribution in [0.2, 0.25) is 0 Å². The van der Waals surface area contributed by atoms with Crippen molar-refractivity contribution in [3.8, 4) is 6.07 Å².